The lowest BCUT2D eigenvalue weighted by Gasteiger charge is -2.29. The van der Waals surface area contributed by atoms with E-state index in [4.69, 9.17) is 0 Å². The van der Waals surface area contributed by atoms with Crippen molar-refractivity contribution in [3.05, 3.63) is 35.4 Å². The van der Waals surface area contributed by atoms with Crippen molar-refractivity contribution in [2.75, 3.05) is 20.1 Å². The summed E-state index contributed by atoms with van der Waals surface area (Å²) in [5.41, 5.74) is 2.39. The highest BCUT2D eigenvalue weighted by Gasteiger charge is 2.28. The molecule has 1 saturated carbocycles. The zero-order valence-corrected chi connectivity index (χ0v) is 14.8. The lowest BCUT2D eigenvalue weighted by Crippen LogP contribution is -2.45. The van der Waals surface area contributed by atoms with Gasteiger partial charge in [0.2, 0.25) is 0 Å². The third-order valence-corrected chi connectivity index (χ3v) is 5.03. The quantitative estimate of drug-likeness (QED) is 0.876. The lowest BCUT2D eigenvalue weighted by atomic mass is 9.82. The van der Waals surface area contributed by atoms with Crippen LogP contribution >= 0.6 is 0 Å². The first kappa shape index (κ1) is 17.8. The fourth-order valence-electron chi connectivity index (χ4n) is 3.52. The Labute approximate surface area is 139 Å². The molecule has 128 valence electrons. The van der Waals surface area contributed by atoms with Crippen LogP contribution in [0.5, 0.6) is 0 Å². The Morgan fingerprint density at radius 1 is 1.35 bits per heavy atom. The van der Waals surface area contributed by atoms with Crippen LogP contribution in [0.25, 0.3) is 0 Å². The third kappa shape index (κ3) is 4.47. The van der Waals surface area contributed by atoms with Gasteiger partial charge in [-0.1, -0.05) is 44.5 Å². The fraction of sp³-hybridized carbons (Fsp3) is 0.632. The molecule has 0 bridgehead atoms. The number of aliphatic hydroxyl groups excluding tert-OH is 1. The zero-order valence-electron chi connectivity index (χ0n) is 14.8. The number of amides is 2. The second-order valence-electron chi connectivity index (χ2n) is 7.50. The van der Waals surface area contributed by atoms with Crippen LogP contribution in [-0.2, 0) is 5.41 Å². The van der Waals surface area contributed by atoms with Crippen LogP contribution in [0.2, 0.25) is 0 Å². The number of nitrogens with zero attached hydrogens (tertiary/aromatic N) is 1. The highest BCUT2D eigenvalue weighted by Crippen LogP contribution is 2.27. The van der Waals surface area contributed by atoms with Gasteiger partial charge in [-0.25, -0.2) is 4.79 Å². The van der Waals surface area contributed by atoms with Gasteiger partial charge in [-0.15, -0.1) is 0 Å². The van der Waals surface area contributed by atoms with E-state index < -0.39 is 0 Å². The number of carbonyl (C=O) groups excluding carboxylic acids is 1. The Morgan fingerprint density at radius 3 is 2.65 bits per heavy atom. The number of urea groups is 1. The van der Waals surface area contributed by atoms with Crippen LogP contribution in [0.1, 0.15) is 44.2 Å². The second kappa shape index (κ2) is 7.35. The molecular formula is C19H30N2O2. The summed E-state index contributed by atoms with van der Waals surface area (Å²) in [7, 11) is 1.81. The van der Waals surface area contributed by atoms with Crippen molar-refractivity contribution in [3.63, 3.8) is 0 Å². The summed E-state index contributed by atoms with van der Waals surface area (Å²) >= 11 is 0. The first-order chi connectivity index (χ1) is 10.8. The topological polar surface area (TPSA) is 52.6 Å². The van der Waals surface area contributed by atoms with E-state index in [2.05, 4.69) is 38.2 Å². The van der Waals surface area contributed by atoms with Crippen LogP contribution in [0.4, 0.5) is 4.79 Å². The second-order valence-corrected chi connectivity index (χ2v) is 7.50. The van der Waals surface area contributed by atoms with Crippen LogP contribution < -0.4 is 5.32 Å². The van der Waals surface area contributed by atoms with Gasteiger partial charge in [0.05, 0.1) is 6.10 Å². The normalized spacial score (nSPS) is 21.3. The summed E-state index contributed by atoms with van der Waals surface area (Å²) in [5.74, 6) is 0.218. The largest absolute Gasteiger partial charge is 0.393 e. The third-order valence-electron chi connectivity index (χ3n) is 5.03. The molecule has 2 atom stereocenters. The number of carbonyl (C=O) groups is 1. The van der Waals surface area contributed by atoms with Crippen molar-refractivity contribution in [2.45, 2.75) is 51.6 Å². The molecule has 1 fully saturated rings. The van der Waals surface area contributed by atoms with Gasteiger partial charge in [-0.3, -0.25) is 0 Å². The Kier molecular flexibility index (Phi) is 5.69. The number of nitrogens with one attached hydrogen (secondary N) is 1. The number of hydrogen-bond acceptors (Lipinski definition) is 2. The van der Waals surface area contributed by atoms with Crippen LogP contribution in [0.15, 0.2) is 24.3 Å². The predicted molar refractivity (Wildman–Crippen MR) is 93.6 cm³/mol. The van der Waals surface area contributed by atoms with Crippen molar-refractivity contribution < 1.29 is 9.90 Å². The Balaban J connectivity index is 1.89. The summed E-state index contributed by atoms with van der Waals surface area (Å²) < 4.78 is 0. The monoisotopic (exact) mass is 318 g/mol. The smallest absolute Gasteiger partial charge is 0.317 e. The first-order valence-corrected chi connectivity index (χ1v) is 8.54. The molecule has 0 aliphatic heterocycles. The maximum atomic E-state index is 12.3. The van der Waals surface area contributed by atoms with E-state index in [-0.39, 0.29) is 23.5 Å². The van der Waals surface area contributed by atoms with Crippen LogP contribution in [-0.4, -0.2) is 42.3 Å². The molecule has 4 nitrogen and oxygen atoms in total. The molecule has 0 aromatic heterocycles. The lowest BCUT2D eigenvalue weighted by molar-refractivity contribution is 0.113. The minimum absolute atomic E-state index is 0.0641. The summed E-state index contributed by atoms with van der Waals surface area (Å²) in [6.45, 7) is 7.62. The average molecular weight is 318 g/mol. The Hall–Kier alpha value is -1.55. The summed E-state index contributed by atoms with van der Waals surface area (Å²) in [6, 6.07) is 8.24. The molecular weight excluding hydrogens is 288 g/mol. The molecule has 1 aliphatic rings. The Bertz CT molecular complexity index is 542. The number of benzene rings is 1. The summed E-state index contributed by atoms with van der Waals surface area (Å²) in [4.78, 5) is 14.0. The molecule has 2 N–H and O–H groups in total. The first-order valence-electron chi connectivity index (χ1n) is 8.54. The van der Waals surface area contributed by atoms with Crippen LogP contribution in [0, 0.1) is 12.8 Å². The van der Waals surface area contributed by atoms with Crippen molar-refractivity contribution in [1.29, 1.82) is 0 Å². The van der Waals surface area contributed by atoms with Gasteiger partial charge in [0.25, 0.3) is 0 Å². The molecule has 4 heteroatoms. The molecule has 2 unspecified atom stereocenters. The van der Waals surface area contributed by atoms with E-state index in [0.29, 0.717) is 13.1 Å². The van der Waals surface area contributed by atoms with Crippen molar-refractivity contribution in [3.8, 4) is 0 Å². The van der Waals surface area contributed by atoms with Gasteiger partial charge >= 0.3 is 6.03 Å². The Morgan fingerprint density at radius 2 is 2.04 bits per heavy atom. The van der Waals surface area contributed by atoms with Crippen molar-refractivity contribution in [2.24, 2.45) is 5.92 Å². The average Bonchev–Trinajstić information content (AvgIpc) is 2.90. The van der Waals surface area contributed by atoms with Crippen LogP contribution in [0.3, 0.4) is 0 Å². The van der Waals surface area contributed by atoms with Gasteiger partial charge in [0.1, 0.15) is 0 Å². The van der Waals surface area contributed by atoms with Gasteiger partial charge in [0, 0.05) is 31.5 Å². The molecule has 2 rings (SSSR count). The van der Waals surface area contributed by atoms with Crippen molar-refractivity contribution >= 4 is 6.03 Å². The maximum Gasteiger partial charge on any atom is 0.317 e. The minimum atomic E-state index is -0.256. The zero-order chi connectivity index (χ0) is 17.0. The highest BCUT2D eigenvalue weighted by molar-refractivity contribution is 5.74. The van der Waals surface area contributed by atoms with Crippen molar-refractivity contribution in [1.82, 2.24) is 10.2 Å². The molecule has 23 heavy (non-hydrogen) atoms. The number of rotatable bonds is 5. The molecule has 1 aromatic carbocycles. The standard InChI is InChI=1S/C19H30N2O2/c1-14-8-5-6-10-16(14)19(2,3)13-20-18(23)21(4)12-15-9-7-11-17(15)22/h5-6,8,10,15,17,22H,7,9,11-13H2,1-4H3,(H,20,23). The predicted octanol–water partition coefficient (Wildman–Crippen LogP) is 3.08. The number of hydrogen-bond donors (Lipinski definition) is 2. The number of aryl methyl sites for hydroxylation is 1. The number of aliphatic hydroxyl groups is 1. The minimum Gasteiger partial charge on any atom is -0.393 e. The van der Waals surface area contributed by atoms with E-state index in [0.717, 1.165) is 19.3 Å². The fourth-order valence-corrected chi connectivity index (χ4v) is 3.52. The van der Waals surface area contributed by atoms with E-state index >= 15 is 0 Å². The van der Waals surface area contributed by atoms with Gasteiger partial charge < -0.3 is 15.3 Å². The molecule has 0 spiro atoms. The van der Waals surface area contributed by atoms with Gasteiger partial charge in [0.15, 0.2) is 0 Å². The SMILES string of the molecule is Cc1ccccc1C(C)(C)CNC(=O)N(C)CC1CCCC1O. The van der Waals surface area contributed by atoms with Gasteiger partial charge in [-0.05, 0) is 30.9 Å². The molecule has 0 saturated heterocycles. The van der Waals surface area contributed by atoms with E-state index in [1.807, 2.05) is 12.1 Å². The van der Waals surface area contributed by atoms with E-state index in [9.17, 15) is 9.90 Å². The molecule has 1 aliphatic carbocycles. The molecule has 1 aromatic rings. The summed E-state index contributed by atoms with van der Waals surface area (Å²) in [6.07, 6.45) is 2.67. The molecule has 0 radical (unpaired) electrons. The summed E-state index contributed by atoms with van der Waals surface area (Å²) in [5, 5.41) is 12.9. The molecule has 0 heterocycles. The highest BCUT2D eigenvalue weighted by atomic mass is 16.3. The maximum absolute atomic E-state index is 12.3. The molecule has 2 amide bonds. The van der Waals surface area contributed by atoms with Gasteiger partial charge in [-0.2, -0.15) is 0 Å². The van der Waals surface area contributed by atoms with E-state index in [1.165, 1.54) is 11.1 Å². The van der Waals surface area contributed by atoms with E-state index in [1.54, 1.807) is 11.9 Å².